The van der Waals surface area contributed by atoms with Crippen LogP contribution in [0.3, 0.4) is 0 Å². The van der Waals surface area contributed by atoms with Gasteiger partial charge in [-0.25, -0.2) is 4.79 Å². The second kappa shape index (κ2) is 22.3. The van der Waals surface area contributed by atoms with Gasteiger partial charge in [0.2, 0.25) is 0 Å². The van der Waals surface area contributed by atoms with Crippen LogP contribution >= 0.6 is 0 Å². The van der Waals surface area contributed by atoms with Crippen LogP contribution in [0, 0.1) is 0 Å². The first-order chi connectivity index (χ1) is 16.3. The Morgan fingerprint density at radius 2 is 1.06 bits per heavy atom. The largest absolute Gasteiger partial charge is 0.481 e. The normalized spacial score (nSPS) is 12.6. The molecular formula is C28H52F2O4. The molecule has 0 saturated heterocycles. The van der Waals surface area contributed by atoms with Crippen LogP contribution in [0.1, 0.15) is 155 Å². The number of rotatable bonds is 25. The van der Waals surface area contributed by atoms with Gasteiger partial charge in [0.25, 0.3) is 0 Å². The van der Waals surface area contributed by atoms with Crippen molar-refractivity contribution >= 4 is 11.9 Å². The molecule has 0 saturated carbocycles. The van der Waals surface area contributed by atoms with E-state index in [1.165, 1.54) is 64.2 Å². The molecule has 6 heteroatoms. The van der Waals surface area contributed by atoms with E-state index in [-0.39, 0.29) is 6.42 Å². The highest BCUT2D eigenvalue weighted by Gasteiger charge is 2.41. The van der Waals surface area contributed by atoms with E-state index in [9.17, 15) is 18.4 Å². The standard InChI is InChI=1S/C28H52F2O4/c1-3-5-7-9-11-13-15-17-19-21-23-28(29,30)27(33)34-25(24-26(31)32)22-20-18-16-14-12-10-8-6-4-2/h25H,3-24H2,1-2H3,(H,31,32)/t25-/m1/s1. The van der Waals surface area contributed by atoms with E-state index in [0.717, 1.165) is 38.5 Å². The van der Waals surface area contributed by atoms with E-state index in [4.69, 9.17) is 9.84 Å². The fourth-order valence-electron chi connectivity index (χ4n) is 4.25. The minimum absolute atomic E-state index is 0.278. The molecule has 0 spiro atoms. The van der Waals surface area contributed by atoms with Crippen molar-refractivity contribution in [3.63, 3.8) is 0 Å². The van der Waals surface area contributed by atoms with Crippen molar-refractivity contribution in [1.82, 2.24) is 0 Å². The lowest BCUT2D eigenvalue weighted by Crippen LogP contribution is -2.34. The number of unbranched alkanes of at least 4 members (excludes halogenated alkanes) is 17. The number of alkyl halides is 2. The van der Waals surface area contributed by atoms with E-state index in [1.54, 1.807) is 0 Å². The number of carboxylic acids is 1. The first kappa shape index (κ1) is 32.8. The quantitative estimate of drug-likeness (QED) is 0.102. The maximum Gasteiger partial charge on any atom is 0.377 e. The number of carbonyl (C=O) groups excluding carboxylic acids is 1. The van der Waals surface area contributed by atoms with Crippen molar-refractivity contribution in [1.29, 1.82) is 0 Å². The van der Waals surface area contributed by atoms with Crippen LogP contribution in [0.5, 0.6) is 0 Å². The van der Waals surface area contributed by atoms with Crippen LogP contribution in [-0.4, -0.2) is 29.1 Å². The predicted octanol–water partition coefficient (Wildman–Crippen LogP) is 9.24. The van der Waals surface area contributed by atoms with Crippen LogP contribution < -0.4 is 0 Å². The molecule has 0 aliphatic carbocycles. The molecule has 0 heterocycles. The summed E-state index contributed by atoms with van der Waals surface area (Å²) in [6, 6.07) is 0. The van der Waals surface area contributed by atoms with Gasteiger partial charge in [-0.15, -0.1) is 0 Å². The molecule has 0 aliphatic rings. The summed E-state index contributed by atoms with van der Waals surface area (Å²) in [5.74, 6) is -6.24. The first-order valence-electron chi connectivity index (χ1n) is 14.1. The Balaban J connectivity index is 4.07. The molecule has 1 N–H and O–H groups in total. The minimum Gasteiger partial charge on any atom is -0.481 e. The highest BCUT2D eigenvalue weighted by molar-refractivity contribution is 5.78. The Hall–Kier alpha value is -1.20. The fourth-order valence-corrected chi connectivity index (χ4v) is 4.25. The molecule has 202 valence electrons. The molecule has 0 amide bonds. The Kier molecular flexibility index (Phi) is 21.5. The number of hydrogen-bond acceptors (Lipinski definition) is 3. The van der Waals surface area contributed by atoms with Crippen molar-refractivity contribution < 1.29 is 28.2 Å². The summed E-state index contributed by atoms with van der Waals surface area (Å²) < 4.78 is 33.5. The molecule has 0 aliphatic heterocycles. The van der Waals surface area contributed by atoms with Crippen molar-refractivity contribution in [2.24, 2.45) is 0 Å². The van der Waals surface area contributed by atoms with E-state index in [2.05, 4.69) is 13.8 Å². The summed E-state index contributed by atoms with van der Waals surface area (Å²) in [5.41, 5.74) is 0. The van der Waals surface area contributed by atoms with Crippen molar-refractivity contribution in [2.75, 3.05) is 0 Å². The van der Waals surface area contributed by atoms with Crippen molar-refractivity contribution in [3.05, 3.63) is 0 Å². The number of halogens is 2. The molecule has 0 rings (SSSR count). The summed E-state index contributed by atoms with van der Waals surface area (Å²) in [4.78, 5) is 23.1. The molecule has 0 aromatic heterocycles. The molecule has 0 aromatic carbocycles. The van der Waals surface area contributed by atoms with E-state index in [1.807, 2.05) is 0 Å². The van der Waals surface area contributed by atoms with E-state index < -0.39 is 36.8 Å². The molecule has 34 heavy (non-hydrogen) atoms. The maximum atomic E-state index is 14.3. The summed E-state index contributed by atoms with van der Waals surface area (Å²) in [5, 5.41) is 9.07. The van der Waals surface area contributed by atoms with Crippen molar-refractivity contribution in [2.45, 2.75) is 167 Å². The van der Waals surface area contributed by atoms with Gasteiger partial charge in [0.15, 0.2) is 0 Å². The highest BCUT2D eigenvalue weighted by atomic mass is 19.3. The molecule has 0 bridgehead atoms. The lowest BCUT2D eigenvalue weighted by Gasteiger charge is -2.20. The third-order valence-corrected chi connectivity index (χ3v) is 6.45. The molecule has 0 aromatic rings. The van der Waals surface area contributed by atoms with Crippen LogP contribution in [0.15, 0.2) is 0 Å². The monoisotopic (exact) mass is 490 g/mol. The number of carbonyl (C=O) groups is 2. The topological polar surface area (TPSA) is 63.6 Å². The van der Waals surface area contributed by atoms with Crippen LogP contribution in [-0.2, 0) is 14.3 Å². The first-order valence-corrected chi connectivity index (χ1v) is 14.1. The third-order valence-electron chi connectivity index (χ3n) is 6.45. The minimum atomic E-state index is -3.55. The molecular weight excluding hydrogens is 438 g/mol. The van der Waals surface area contributed by atoms with Crippen LogP contribution in [0.25, 0.3) is 0 Å². The lowest BCUT2D eigenvalue weighted by atomic mass is 10.0. The summed E-state index contributed by atoms with van der Waals surface area (Å²) in [6.07, 6.45) is 18.6. The van der Waals surface area contributed by atoms with Gasteiger partial charge in [-0.2, -0.15) is 8.78 Å². The average Bonchev–Trinajstić information content (AvgIpc) is 2.78. The molecule has 0 fully saturated rings. The van der Waals surface area contributed by atoms with Gasteiger partial charge in [-0.1, -0.05) is 123 Å². The number of aliphatic carboxylic acids is 1. The zero-order valence-electron chi connectivity index (χ0n) is 22.1. The Labute approximate surface area is 207 Å². The number of hydrogen-bond donors (Lipinski definition) is 1. The van der Waals surface area contributed by atoms with Crippen LogP contribution in [0.4, 0.5) is 8.78 Å². The summed E-state index contributed by atoms with van der Waals surface area (Å²) >= 11 is 0. The Morgan fingerprint density at radius 1 is 0.676 bits per heavy atom. The SMILES string of the molecule is CCCCCCCCCCCCC(F)(F)C(=O)O[C@H](CCCCCCCCCCC)CC(=O)O. The van der Waals surface area contributed by atoms with E-state index in [0.29, 0.717) is 19.3 Å². The molecule has 0 radical (unpaired) electrons. The average molecular weight is 491 g/mol. The van der Waals surface area contributed by atoms with E-state index >= 15 is 0 Å². The predicted molar refractivity (Wildman–Crippen MR) is 135 cm³/mol. The van der Waals surface area contributed by atoms with Crippen molar-refractivity contribution in [3.8, 4) is 0 Å². The zero-order chi connectivity index (χ0) is 25.5. The summed E-state index contributed by atoms with van der Waals surface area (Å²) in [6.45, 7) is 4.38. The second-order valence-corrected chi connectivity index (χ2v) is 9.88. The Bertz CT molecular complexity index is 497. The lowest BCUT2D eigenvalue weighted by molar-refractivity contribution is -0.180. The van der Waals surface area contributed by atoms with Crippen LogP contribution in [0.2, 0.25) is 0 Å². The fraction of sp³-hybridized carbons (Fsp3) is 0.929. The smallest absolute Gasteiger partial charge is 0.377 e. The van der Waals surface area contributed by atoms with Gasteiger partial charge < -0.3 is 9.84 Å². The highest BCUT2D eigenvalue weighted by Crippen LogP contribution is 2.26. The maximum absolute atomic E-state index is 14.3. The number of carboxylic acid groups (broad SMARTS) is 1. The van der Waals surface area contributed by atoms with Gasteiger partial charge in [0, 0.05) is 6.42 Å². The van der Waals surface area contributed by atoms with Gasteiger partial charge in [-0.05, 0) is 19.3 Å². The van der Waals surface area contributed by atoms with Gasteiger partial charge in [0.05, 0.1) is 6.42 Å². The molecule has 4 nitrogen and oxygen atoms in total. The molecule has 1 atom stereocenters. The zero-order valence-corrected chi connectivity index (χ0v) is 22.1. The van der Waals surface area contributed by atoms with Gasteiger partial charge in [-0.3, -0.25) is 4.79 Å². The summed E-state index contributed by atoms with van der Waals surface area (Å²) in [7, 11) is 0. The van der Waals surface area contributed by atoms with Gasteiger partial charge in [0.1, 0.15) is 6.10 Å². The third kappa shape index (κ3) is 20.2. The number of esters is 1. The second-order valence-electron chi connectivity index (χ2n) is 9.88. The molecule has 0 unspecified atom stereocenters. The number of ether oxygens (including phenoxy) is 1. The van der Waals surface area contributed by atoms with Gasteiger partial charge >= 0.3 is 17.9 Å². The Morgan fingerprint density at radius 3 is 1.47 bits per heavy atom.